The van der Waals surface area contributed by atoms with E-state index in [1.54, 1.807) is 39.0 Å². The molecule has 350 valence electrons. The van der Waals surface area contributed by atoms with Gasteiger partial charge in [0.2, 0.25) is 0 Å². The van der Waals surface area contributed by atoms with Crippen molar-refractivity contribution in [2.75, 3.05) is 26.3 Å². The Morgan fingerprint density at radius 3 is 2.27 bits per heavy atom. The molecule has 2 bridgehead atoms. The summed E-state index contributed by atoms with van der Waals surface area (Å²) in [7, 11) is 0. The third kappa shape index (κ3) is 8.24. The number of carbonyl (C=O) groups is 4. The smallest absolute Gasteiger partial charge is 0.411 e. The fraction of sp³-hybridized carbons (Fsp3) is 0.727. The molecule has 19 heteroatoms. The number of hydrogen-bond donors (Lipinski definition) is 4. The highest BCUT2D eigenvalue weighted by Gasteiger charge is 2.77. The number of nitrogens with zero attached hydrogens (tertiary/aromatic N) is 1. The molecule has 1 aromatic rings. The number of amides is 1. The lowest BCUT2D eigenvalue weighted by molar-refractivity contribution is -0.345. The van der Waals surface area contributed by atoms with Crippen LogP contribution < -0.4 is 5.32 Å². The van der Waals surface area contributed by atoms with Crippen molar-refractivity contribution >= 4 is 24.0 Å². The summed E-state index contributed by atoms with van der Waals surface area (Å²) < 4.78 is 86.7. The van der Waals surface area contributed by atoms with Gasteiger partial charge in [-0.3, -0.25) is 9.69 Å². The van der Waals surface area contributed by atoms with Gasteiger partial charge in [-0.25, -0.2) is 14.4 Å². The van der Waals surface area contributed by atoms with Crippen LogP contribution in [0.5, 0.6) is 0 Å². The summed E-state index contributed by atoms with van der Waals surface area (Å²) in [6.45, 7) is 13.0. The molecule has 4 N–H and O–H groups in total. The van der Waals surface area contributed by atoms with Gasteiger partial charge >= 0.3 is 30.2 Å². The molecule has 0 spiro atoms. The Labute approximate surface area is 363 Å². The normalized spacial score (nSPS) is 36.9. The molecule has 3 heterocycles. The molecular formula is C44H59F3N2O14. The molecule has 1 amide bonds. The molecule has 13 atom stereocenters. The summed E-state index contributed by atoms with van der Waals surface area (Å²) in [4.78, 5) is 55.8. The fourth-order valence-corrected chi connectivity index (χ4v) is 11.0. The van der Waals surface area contributed by atoms with Gasteiger partial charge in [-0.15, -0.1) is 0 Å². The third-order valence-electron chi connectivity index (χ3n) is 14.3. The highest BCUT2D eigenvalue weighted by Crippen LogP contribution is 2.66. The van der Waals surface area contributed by atoms with Crippen LogP contribution >= 0.6 is 0 Å². The summed E-state index contributed by atoms with van der Waals surface area (Å²) in [6, 6.07) is 4.69. The second kappa shape index (κ2) is 16.5. The van der Waals surface area contributed by atoms with Gasteiger partial charge in [-0.2, -0.15) is 13.2 Å². The minimum absolute atomic E-state index is 0.0914. The first kappa shape index (κ1) is 47.1. The lowest BCUT2D eigenvalue weighted by atomic mass is 9.45. The quantitative estimate of drug-likeness (QED) is 0.150. The van der Waals surface area contributed by atoms with Crippen LogP contribution in [0.1, 0.15) is 91.4 Å². The molecule has 3 aliphatic carbocycles. The number of aliphatic hydroxyl groups excluding tert-OH is 2. The number of alkyl carbamates (subject to hydrolysis) is 1. The maximum atomic E-state index is 14.5. The van der Waals surface area contributed by atoms with Gasteiger partial charge in [0.15, 0.2) is 24.0 Å². The number of alkyl halides is 3. The van der Waals surface area contributed by atoms with Crippen LogP contribution in [-0.4, -0.2) is 149 Å². The largest absolute Gasteiger partial charge is 0.456 e. The van der Waals surface area contributed by atoms with Crippen molar-refractivity contribution in [3.63, 3.8) is 0 Å². The Balaban J connectivity index is 1.37. The second-order valence-electron chi connectivity index (χ2n) is 19.6. The number of ether oxygens (including phenoxy) is 7. The van der Waals surface area contributed by atoms with Gasteiger partial charge in [0.05, 0.1) is 30.8 Å². The van der Waals surface area contributed by atoms with Crippen molar-refractivity contribution in [3.8, 4) is 0 Å². The number of rotatable bonds is 10. The van der Waals surface area contributed by atoms with Gasteiger partial charge in [0, 0.05) is 43.3 Å². The minimum atomic E-state index is -5.36. The zero-order chi connectivity index (χ0) is 46.2. The minimum Gasteiger partial charge on any atom is -0.456 e. The highest BCUT2D eigenvalue weighted by molar-refractivity contribution is 5.89. The van der Waals surface area contributed by atoms with Crippen LogP contribution in [0.4, 0.5) is 18.0 Å². The van der Waals surface area contributed by atoms with E-state index in [4.69, 9.17) is 33.2 Å². The van der Waals surface area contributed by atoms with Gasteiger partial charge in [0.25, 0.3) is 0 Å². The van der Waals surface area contributed by atoms with Crippen LogP contribution in [0.2, 0.25) is 0 Å². The molecule has 6 aliphatic rings. The molecule has 2 saturated carbocycles. The Morgan fingerprint density at radius 2 is 1.71 bits per heavy atom. The predicted molar refractivity (Wildman–Crippen MR) is 212 cm³/mol. The van der Waals surface area contributed by atoms with Crippen molar-refractivity contribution in [3.05, 3.63) is 47.0 Å². The van der Waals surface area contributed by atoms with E-state index in [9.17, 15) is 47.7 Å². The maximum absolute atomic E-state index is 14.5. The van der Waals surface area contributed by atoms with Crippen molar-refractivity contribution in [2.24, 2.45) is 16.7 Å². The van der Waals surface area contributed by atoms with Crippen LogP contribution in [0.15, 0.2) is 41.5 Å². The van der Waals surface area contributed by atoms with Gasteiger partial charge in [-0.1, -0.05) is 39.0 Å². The summed E-state index contributed by atoms with van der Waals surface area (Å²) in [5.74, 6) is -4.40. The lowest BCUT2D eigenvalue weighted by Crippen LogP contribution is -2.79. The summed E-state index contributed by atoms with van der Waals surface area (Å²) in [5.41, 5.74) is -6.86. The number of likely N-dealkylation sites (tertiary alicyclic amines) is 1. The average Bonchev–Trinajstić information content (AvgIpc) is 3.58. The molecule has 0 radical (unpaired) electrons. The molecule has 0 aromatic heterocycles. The maximum Gasteiger partial charge on any atom is 0.411 e. The Kier molecular flexibility index (Phi) is 12.4. The topological polar surface area (TPSA) is 209 Å². The molecular weight excluding hydrogens is 837 g/mol. The molecule has 3 saturated heterocycles. The standard InChI is InChI=1S/C44H59F3N2O14/c1-22-26(58-37(54)30(52)33(44(45,46)47)48-38(55)63-39(3,4)5)18-43(56)35(61-36(53)24-12-10-9-11-13-24)32-41(8,16-14-27-42(32,21-57-27)62-23(2)51)34-31(29(22)40(43,6)7)59-28(60-34)19-49-17-15-25(49)20-50/h9-13,25-28,30-35,50,52,56H,14-21H2,1-8H3,(H,48,55)/t25-,26-,27+,28+,30+,31+,32-,33+,34+,35-,41+,42-,43+/m0/s1. The summed E-state index contributed by atoms with van der Waals surface area (Å²) >= 11 is 0. The van der Waals surface area contributed by atoms with Crippen LogP contribution in [-0.2, 0) is 42.7 Å². The van der Waals surface area contributed by atoms with E-state index in [1.165, 1.54) is 45.1 Å². The van der Waals surface area contributed by atoms with Gasteiger partial charge in [-0.05, 0) is 70.2 Å². The zero-order valence-electron chi connectivity index (χ0n) is 36.7. The monoisotopic (exact) mass is 896 g/mol. The number of halogens is 3. The Bertz CT molecular complexity index is 1970. The number of benzene rings is 1. The number of aliphatic hydroxyl groups is 3. The lowest BCUT2D eigenvalue weighted by Gasteiger charge is -2.68. The van der Waals surface area contributed by atoms with Crippen molar-refractivity contribution < 1.29 is 80.8 Å². The van der Waals surface area contributed by atoms with E-state index in [0.29, 0.717) is 25.0 Å². The van der Waals surface area contributed by atoms with Crippen LogP contribution in [0.3, 0.4) is 0 Å². The van der Waals surface area contributed by atoms with E-state index in [-0.39, 0.29) is 36.9 Å². The van der Waals surface area contributed by atoms with E-state index >= 15 is 0 Å². The third-order valence-corrected chi connectivity index (χ3v) is 14.3. The first-order valence-electron chi connectivity index (χ1n) is 21.4. The molecule has 16 nitrogen and oxygen atoms in total. The van der Waals surface area contributed by atoms with E-state index in [2.05, 4.69) is 0 Å². The first-order chi connectivity index (χ1) is 29.3. The number of fused-ring (bicyclic) bond motifs is 8. The fourth-order valence-electron chi connectivity index (χ4n) is 11.0. The molecule has 1 aromatic carbocycles. The van der Waals surface area contributed by atoms with Gasteiger partial charge in [0.1, 0.15) is 35.6 Å². The Morgan fingerprint density at radius 1 is 1.03 bits per heavy atom. The molecule has 5 fully saturated rings. The Hall–Kier alpha value is -3.85. The van der Waals surface area contributed by atoms with E-state index in [1.807, 2.05) is 11.8 Å². The second-order valence-corrected chi connectivity index (χ2v) is 19.6. The number of nitrogens with one attached hydrogen (secondary N) is 1. The summed E-state index contributed by atoms with van der Waals surface area (Å²) in [6.07, 6.45) is -15.8. The van der Waals surface area contributed by atoms with Crippen molar-refractivity contribution in [1.29, 1.82) is 0 Å². The highest BCUT2D eigenvalue weighted by atomic mass is 19.4. The van der Waals surface area contributed by atoms with Crippen molar-refractivity contribution in [2.45, 2.75) is 159 Å². The summed E-state index contributed by atoms with van der Waals surface area (Å²) in [5, 5.41) is 36.3. The molecule has 3 aliphatic heterocycles. The van der Waals surface area contributed by atoms with E-state index in [0.717, 1.165) is 6.42 Å². The number of carbonyl (C=O) groups excluding carboxylic acids is 4. The number of esters is 3. The van der Waals surface area contributed by atoms with Gasteiger partial charge < -0.3 is 53.8 Å². The van der Waals surface area contributed by atoms with Crippen molar-refractivity contribution in [1.82, 2.24) is 10.2 Å². The molecule has 0 unspecified atom stereocenters. The predicted octanol–water partition coefficient (Wildman–Crippen LogP) is 3.73. The molecule has 63 heavy (non-hydrogen) atoms. The first-order valence-corrected chi connectivity index (χ1v) is 21.4. The molecule has 7 rings (SSSR count). The van der Waals surface area contributed by atoms with Crippen LogP contribution in [0, 0.1) is 16.7 Å². The van der Waals surface area contributed by atoms with Crippen LogP contribution in [0.25, 0.3) is 0 Å². The SMILES string of the molecule is CC(=O)O[C@@]12CO[C@@H]1CC[C@@]1(C)[C@@H]3O[C@H](CN4CC[C@H]4CO)O[C@@H]3C3=C(C)[C@@H](OC(=O)[C@H](O)[C@@H](NC(=O)OC(C)(C)C)C(F)(F)F)C[C@@](O)([C@@H](OC(=O)c4ccccc4)[C@@H]12)C3(C)C. The number of hydrogen-bond acceptors (Lipinski definition) is 15. The zero-order valence-corrected chi connectivity index (χ0v) is 36.7. The average molecular weight is 897 g/mol. The van der Waals surface area contributed by atoms with E-state index < -0.39 is 119 Å².